The third kappa shape index (κ3) is 5.83. The molecule has 0 aromatic rings. The van der Waals surface area contributed by atoms with Gasteiger partial charge in [0.2, 0.25) is 5.91 Å². The van der Waals surface area contributed by atoms with Gasteiger partial charge in [-0.15, -0.1) is 0 Å². The summed E-state index contributed by atoms with van der Waals surface area (Å²) in [6, 6.07) is 0.346. The van der Waals surface area contributed by atoms with Gasteiger partial charge < -0.3 is 16.0 Å². The molecule has 4 heteroatoms. The van der Waals surface area contributed by atoms with Gasteiger partial charge in [0.15, 0.2) is 0 Å². The van der Waals surface area contributed by atoms with E-state index >= 15 is 0 Å². The van der Waals surface area contributed by atoms with Crippen molar-refractivity contribution in [1.29, 1.82) is 0 Å². The highest BCUT2D eigenvalue weighted by molar-refractivity contribution is 5.84. The Morgan fingerprint density at radius 2 is 2.00 bits per heavy atom. The van der Waals surface area contributed by atoms with Gasteiger partial charge >= 0.3 is 0 Å². The molecule has 3 N–H and O–H groups in total. The zero-order chi connectivity index (χ0) is 14.2. The van der Waals surface area contributed by atoms with Crippen molar-refractivity contribution in [2.24, 2.45) is 5.73 Å². The molecule has 0 spiro atoms. The molecule has 0 saturated carbocycles. The predicted molar refractivity (Wildman–Crippen MR) is 77.5 cm³/mol. The summed E-state index contributed by atoms with van der Waals surface area (Å²) in [6.45, 7) is 10.1. The Labute approximate surface area is 112 Å². The summed E-state index contributed by atoms with van der Waals surface area (Å²) < 4.78 is 0. The lowest BCUT2D eigenvalue weighted by Crippen LogP contribution is -2.56. The maximum atomic E-state index is 11.6. The Balaban J connectivity index is 4.32. The number of nitrogens with one attached hydrogen (secondary N) is 1. The smallest absolute Gasteiger partial charge is 0.237 e. The molecule has 2 atom stereocenters. The van der Waals surface area contributed by atoms with Crippen LogP contribution in [0, 0.1) is 0 Å². The minimum atomic E-state index is -0.604. The van der Waals surface area contributed by atoms with E-state index in [4.69, 9.17) is 5.73 Å². The number of hydrogen-bond donors (Lipinski definition) is 2. The molecule has 0 radical (unpaired) electrons. The molecule has 0 saturated heterocycles. The largest absolute Gasteiger partial charge is 0.368 e. The second-order valence-corrected chi connectivity index (χ2v) is 5.47. The summed E-state index contributed by atoms with van der Waals surface area (Å²) in [5.41, 5.74) is 4.90. The fourth-order valence-electron chi connectivity index (χ4n) is 2.23. The van der Waals surface area contributed by atoms with Gasteiger partial charge in [-0.1, -0.05) is 26.7 Å². The number of carbonyl (C=O) groups excluding carboxylic acids is 1. The molecule has 0 aliphatic rings. The van der Waals surface area contributed by atoms with E-state index in [0.717, 1.165) is 19.5 Å². The molecule has 0 aliphatic heterocycles. The molecule has 2 unspecified atom stereocenters. The van der Waals surface area contributed by atoms with Crippen LogP contribution in [-0.4, -0.2) is 42.5 Å². The summed E-state index contributed by atoms with van der Waals surface area (Å²) in [5, 5.41) is 3.21. The SMILES string of the molecule is CCCCCN(C)C(C)CC(C)(NCC)C(N)=O. The predicted octanol–water partition coefficient (Wildman–Crippen LogP) is 1.74. The molecular weight excluding hydrogens is 226 g/mol. The zero-order valence-electron chi connectivity index (χ0n) is 12.8. The number of unbranched alkanes of at least 4 members (excludes halogenated alkanes) is 2. The first-order valence-electron chi connectivity index (χ1n) is 7.12. The van der Waals surface area contributed by atoms with E-state index in [9.17, 15) is 4.79 Å². The van der Waals surface area contributed by atoms with Gasteiger partial charge in [-0.2, -0.15) is 0 Å². The van der Waals surface area contributed by atoms with Gasteiger partial charge in [0.25, 0.3) is 0 Å². The number of hydrogen-bond acceptors (Lipinski definition) is 3. The second kappa shape index (κ2) is 8.48. The third-order valence-corrected chi connectivity index (χ3v) is 3.68. The van der Waals surface area contributed by atoms with Crippen molar-refractivity contribution < 1.29 is 4.79 Å². The molecule has 108 valence electrons. The van der Waals surface area contributed by atoms with Crippen molar-refractivity contribution in [2.75, 3.05) is 20.1 Å². The summed E-state index contributed by atoms with van der Waals surface area (Å²) in [7, 11) is 2.12. The summed E-state index contributed by atoms with van der Waals surface area (Å²) in [6.07, 6.45) is 4.46. The monoisotopic (exact) mass is 257 g/mol. The molecule has 0 fully saturated rings. The van der Waals surface area contributed by atoms with Crippen molar-refractivity contribution in [2.45, 2.75) is 65.0 Å². The van der Waals surface area contributed by atoms with Crippen LogP contribution in [0.25, 0.3) is 0 Å². The van der Waals surface area contributed by atoms with Crippen LogP contribution in [0.4, 0.5) is 0 Å². The molecule has 0 aromatic carbocycles. The summed E-state index contributed by atoms with van der Waals surface area (Å²) in [4.78, 5) is 13.9. The third-order valence-electron chi connectivity index (χ3n) is 3.68. The fourth-order valence-corrected chi connectivity index (χ4v) is 2.23. The van der Waals surface area contributed by atoms with E-state index in [2.05, 4.69) is 31.1 Å². The van der Waals surface area contributed by atoms with Gasteiger partial charge in [-0.3, -0.25) is 4.79 Å². The first-order chi connectivity index (χ1) is 8.37. The van der Waals surface area contributed by atoms with E-state index in [-0.39, 0.29) is 5.91 Å². The van der Waals surface area contributed by atoms with E-state index < -0.39 is 5.54 Å². The first-order valence-corrected chi connectivity index (χ1v) is 7.12. The second-order valence-electron chi connectivity index (χ2n) is 5.47. The molecule has 0 bridgehead atoms. The Morgan fingerprint density at radius 3 is 2.44 bits per heavy atom. The van der Waals surface area contributed by atoms with Gasteiger partial charge in [0.05, 0.1) is 5.54 Å². The highest BCUT2D eigenvalue weighted by Gasteiger charge is 2.32. The zero-order valence-corrected chi connectivity index (χ0v) is 12.8. The van der Waals surface area contributed by atoms with Crippen molar-refractivity contribution >= 4 is 5.91 Å². The van der Waals surface area contributed by atoms with Crippen molar-refractivity contribution in [3.63, 3.8) is 0 Å². The number of nitrogens with zero attached hydrogens (tertiary/aromatic N) is 1. The van der Waals surface area contributed by atoms with Crippen LogP contribution in [-0.2, 0) is 4.79 Å². The summed E-state index contributed by atoms with van der Waals surface area (Å²) >= 11 is 0. The lowest BCUT2D eigenvalue weighted by atomic mass is 9.92. The topological polar surface area (TPSA) is 58.4 Å². The van der Waals surface area contributed by atoms with Crippen LogP contribution >= 0.6 is 0 Å². The van der Waals surface area contributed by atoms with Crippen molar-refractivity contribution in [3.05, 3.63) is 0 Å². The maximum absolute atomic E-state index is 11.6. The number of rotatable bonds is 10. The molecule has 0 heterocycles. The molecule has 0 aromatic heterocycles. The Bertz CT molecular complexity index is 245. The van der Waals surface area contributed by atoms with E-state index in [1.54, 1.807) is 0 Å². The van der Waals surface area contributed by atoms with Gasteiger partial charge in [-0.05, 0) is 46.8 Å². The Hall–Kier alpha value is -0.610. The lowest BCUT2D eigenvalue weighted by Gasteiger charge is -2.34. The number of carbonyl (C=O) groups is 1. The van der Waals surface area contributed by atoms with E-state index in [0.29, 0.717) is 6.04 Å². The number of amides is 1. The Kier molecular flexibility index (Phi) is 8.20. The van der Waals surface area contributed by atoms with Crippen LogP contribution in [0.3, 0.4) is 0 Å². The van der Waals surface area contributed by atoms with Crippen LogP contribution in [0.2, 0.25) is 0 Å². The molecule has 4 nitrogen and oxygen atoms in total. The van der Waals surface area contributed by atoms with Crippen LogP contribution in [0.5, 0.6) is 0 Å². The molecular formula is C14H31N3O. The van der Waals surface area contributed by atoms with E-state index in [1.807, 2.05) is 13.8 Å². The quantitative estimate of drug-likeness (QED) is 0.586. The van der Waals surface area contributed by atoms with E-state index in [1.165, 1.54) is 19.3 Å². The summed E-state index contributed by atoms with van der Waals surface area (Å²) in [5.74, 6) is -0.266. The van der Waals surface area contributed by atoms with Crippen molar-refractivity contribution in [1.82, 2.24) is 10.2 Å². The number of likely N-dealkylation sites (N-methyl/N-ethyl adjacent to an activating group) is 1. The number of nitrogens with two attached hydrogens (primary N) is 1. The molecule has 0 aliphatic carbocycles. The fraction of sp³-hybridized carbons (Fsp3) is 0.929. The average molecular weight is 257 g/mol. The minimum Gasteiger partial charge on any atom is -0.368 e. The van der Waals surface area contributed by atoms with Crippen LogP contribution in [0.1, 0.15) is 53.4 Å². The minimum absolute atomic E-state index is 0.266. The van der Waals surface area contributed by atoms with Gasteiger partial charge in [0, 0.05) is 6.04 Å². The highest BCUT2D eigenvalue weighted by Crippen LogP contribution is 2.16. The van der Waals surface area contributed by atoms with Gasteiger partial charge in [0.1, 0.15) is 0 Å². The lowest BCUT2D eigenvalue weighted by molar-refractivity contribution is -0.124. The number of primary amides is 1. The average Bonchev–Trinajstić information content (AvgIpc) is 2.29. The van der Waals surface area contributed by atoms with Crippen LogP contribution < -0.4 is 11.1 Å². The standard InChI is InChI=1S/C14H31N3O/c1-6-8-9-10-17(5)12(3)11-14(4,13(15)18)16-7-2/h12,16H,6-11H2,1-5H3,(H2,15,18). The normalized spacial score (nSPS) is 16.6. The van der Waals surface area contributed by atoms with Crippen molar-refractivity contribution in [3.8, 4) is 0 Å². The molecule has 0 rings (SSSR count). The maximum Gasteiger partial charge on any atom is 0.237 e. The first kappa shape index (κ1) is 17.4. The molecule has 1 amide bonds. The van der Waals surface area contributed by atoms with Gasteiger partial charge in [-0.25, -0.2) is 0 Å². The highest BCUT2D eigenvalue weighted by atomic mass is 16.1. The molecule has 18 heavy (non-hydrogen) atoms. The Morgan fingerprint density at radius 1 is 1.39 bits per heavy atom. The van der Waals surface area contributed by atoms with Crippen LogP contribution in [0.15, 0.2) is 0 Å².